The summed E-state index contributed by atoms with van der Waals surface area (Å²) in [4.78, 5) is 0. The van der Waals surface area contributed by atoms with Gasteiger partial charge in [0.1, 0.15) is 0 Å². The number of rotatable bonds is 6. The van der Waals surface area contributed by atoms with Gasteiger partial charge in [-0.3, -0.25) is 0 Å². The van der Waals surface area contributed by atoms with Gasteiger partial charge in [-0.25, -0.2) is 0 Å². The number of hydrogen-bond acceptors (Lipinski definition) is 1. The molecular weight excluding hydrogens is 347 g/mol. The fourth-order valence-electron chi connectivity index (χ4n) is 3.36. The normalized spacial score (nSPS) is 12.0. The van der Waals surface area contributed by atoms with Crippen molar-refractivity contribution in [2.45, 2.75) is 32.8 Å². The minimum atomic E-state index is -1.84. The molecule has 0 atom stereocenters. The molecule has 0 spiro atoms. The molecule has 0 saturated carbocycles. The van der Waals surface area contributed by atoms with E-state index in [1.807, 2.05) is 0 Å². The van der Waals surface area contributed by atoms with E-state index in [0.29, 0.717) is 0 Å². The number of benzene rings is 3. The zero-order chi connectivity index (χ0) is 19.2. The molecule has 140 valence electrons. The lowest BCUT2D eigenvalue weighted by Crippen LogP contribution is -2.27. The zero-order valence-corrected chi connectivity index (χ0v) is 17.4. The van der Waals surface area contributed by atoms with Crippen molar-refractivity contribution in [3.63, 3.8) is 0 Å². The molecule has 0 saturated heterocycles. The molecule has 0 aliphatic carbocycles. The van der Waals surface area contributed by atoms with E-state index in [1.54, 1.807) is 0 Å². The van der Waals surface area contributed by atoms with Crippen molar-refractivity contribution in [2.24, 2.45) is 0 Å². The second-order valence-electron chi connectivity index (χ2n) is 7.66. The maximum absolute atomic E-state index is 6.02. The second kappa shape index (κ2) is 8.74. The molecule has 0 amide bonds. The zero-order valence-electron chi connectivity index (χ0n) is 16.5. The highest BCUT2D eigenvalue weighted by atomic mass is 31.2. The Morgan fingerprint density at radius 3 is 1.37 bits per heavy atom. The van der Waals surface area contributed by atoms with E-state index in [2.05, 4.69) is 118 Å². The summed E-state index contributed by atoms with van der Waals surface area (Å²) in [6.07, 6.45) is 0.920. The standard InChI is InChI=1S/C25H29OP/c1-25(2,3)26-20-13-21-27(22-14-7-4-8-15-22,23-16-9-5-10-17-23)24-18-11-6-12-19-24/h4-12,14-19,21H,13,20H2,1-3H3. The highest BCUT2D eigenvalue weighted by Gasteiger charge is 2.24. The SMILES string of the molecule is CC(C)(C)OCCC=P(c1ccccc1)(c1ccccc1)c1ccccc1. The number of ether oxygens (including phenoxy) is 1. The molecule has 0 aromatic heterocycles. The van der Waals surface area contributed by atoms with Crippen LogP contribution in [-0.4, -0.2) is 18.0 Å². The molecule has 0 radical (unpaired) electrons. The van der Waals surface area contributed by atoms with E-state index < -0.39 is 6.89 Å². The van der Waals surface area contributed by atoms with Gasteiger partial charge in [0.05, 0.1) is 12.2 Å². The molecule has 0 aliphatic rings. The lowest BCUT2D eigenvalue weighted by Gasteiger charge is -2.29. The fraction of sp³-hybridized carbons (Fsp3) is 0.240. The van der Waals surface area contributed by atoms with Gasteiger partial charge >= 0.3 is 0 Å². The van der Waals surface area contributed by atoms with Gasteiger partial charge in [0.2, 0.25) is 0 Å². The van der Waals surface area contributed by atoms with Gasteiger partial charge in [0.15, 0.2) is 0 Å². The van der Waals surface area contributed by atoms with Crippen LogP contribution in [0.4, 0.5) is 0 Å². The third-order valence-electron chi connectivity index (χ3n) is 4.55. The van der Waals surface area contributed by atoms with Crippen molar-refractivity contribution in [1.29, 1.82) is 0 Å². The molecule has 0 aliphatic heterocycles. The summed E-state index contributed by atoms with van der Waals surface area (Å²) in [6, 6.07) is 32.8. The van der Waals surface area contributed by atoms with Crippen LogP contribution in [0.2, 0.25) is 0 Å². The third kappa shape index (κ3) is 4.80. The maximum atomic E-state index is 6.02. The predicted octanol–water partition coefficient (Wildman–Crippen LogP) is 4.99. The first-order chi connectivity index (χ1) is 13.0. The molecule has 0 bridgehead atoms. The van der Waals surface area contributed by atoms with Crippen molar-refractivity contribution in [3.05, 3.63) is 91.0 Å². The van der Waals surface area contributed by atoms with E-state index in [4.69, 9.17) is 4.74 Å². The third-order valence-corrected chi connectivity index (χ3v) is 8.69. The van der Waals surface area contributed by atoms with Gasteiger partial charge in [-0.15, -0.1) is 0 Å². The fourth-order valence-corrected chi connectivity index (χ4v) is 7.31. The van der Waals surface area contributed by atoms with Crippen LogP contribution in [0.1, 0.15) is 27.2 Å². The summed E-state index contributed by atoms with van der Waals surface area (Å²) in [7, 11) is 0. The molecule has 3 aromatic carbocycles. The van der Waals surface area contributed by atoms with Gasteiger partial charge in [0, 0.05) is 0 Å². The minimum Gasteiger partial charge on any atom is -0.376 e. The Hall–Kier alpha value is -2.08. The second-order valence-corrected chi connectivity index (χ2v) is 11.0. The first kappa shape index (κ1) is 19.7. The average molecular weight is 376 g/mol. The van der Waals surface area contributed by atoms with Gasteiger partial charge in [-0.05, 0) is 50.0 Å². The molecule has 27 heavy (non-hydrogen) atoms. The van der Waals surface area contributed by atoms with Gasteiger partial charge in [-0.1, -0.05) is 96.8 Å². The van der Waals surface area contributed by atoms with Crippen LogP contribution in [0, 0.1) is 0 Å². The summed E-state index contributed by atoms with van der Waals surface area (Å²) in [5.41, 5.74) is -0.110. The molecule has 0 unspecified atom stereocenters. The van der Waals surface area contributed by atoms with Crippen molar-refractivity contribution >= 4 is 28.6 Å². The first-order valence-corrected chi connectivity index (χ1v) is 11.4. The van der Waals surface area contributed by atoms with E-state index in [-0.39, 0.29) is 5.60 Å². The largest absolute Gasteiger partial charge is 0.376 e. The average Bonchev–Trinajstić information content (AvgIpc) is 2.70. The van der Waals surface area contributed by atoms with E-state index >= 15 is 0 Å². The van der Waals surface area contributed by atoms with Gasteiger partial charge in [0.25, 0.3) is 0 Å². The lowest BCUT2D eigenvalue weighted by molar-refractivity contribution is 0.00179. The molecule has 0 N–H and O–H groups in total. The Morgan fingerprint density at radius 2 is 1.04 bits per heavy atom. The van der Waals surface area contributed by atoms with Crippen LogP contribution in [0.25, 0.3) is 0 Å². The molecular formula is C25H29OP. The Bertz CT molecular complexity index is 774. The molecule has 3 aromatic rings. The summed E-state index contributed by atoms with van der Waals surface area (Å²) in [6.45, 7) is 5.23. The summed E-state index contributed by atoms with van der Waals surface area (Å²) in [5.74, 6) is 2.53. The van der Waals surface area contributed by atoms with Crippen molar-refractivity contribution < 1.29 is 4.74 Å². The van der Waals surface area contributed by atoms with Crippen LogP contribution in [0.15, 0.2) is 91.0 Å². The van der Waals surface area contributed by atoms with E-state index in [9.17, 15) is 0 Å². The highest BCUT2D eigenvalue weighted by molar-refractivity contribution is 7.94. The van der Waals surface area contributed by atoms with Crippen LogP contribution in [0.5, 0.6) is 0 Å². The Morgan fingerprint density at radius 1 is 0.667 bits per heavy atom. The van der Waals surface area contributed by atoms with E-state index in [1.165, 1.54) is 15.9 Å². The highest BCUT2D eigenvalue weighted by Crippen LogP contribution is 2.43. The lowest BCUT2D eigenvalue weighted by atomic mass is 10.2. The quantitative estimate of drug-likeness (QED) is 0.435. The minimum absolute atomic E-state index is 0.110. The molecule has 2 heteroatoms. The smallest absolute Gasteiger partial charge is 0.0598 e. The van der Waals surface area contributed by atoms with Gasteiger partial charge < -0.3 is 4.74 Å². The Balaban J connectivity index is 2.17. The van der Waals surface area contributed by atoms with Crippen LogP contribution >= 0.6 is 6.89 Å². The Kier molecular flexibility index (Phi) is 6.37. The summed E-state index contributed by atoms with van der Waals surface area (Å²) < 4.78 is 6.02. The number of hydrogen-bond donors (Lipinski definition) is 0. The van der Waals surface area contributed by atoms with Crippen molar-refractivity contribution in [1.82, 2.24) is 0 Å². The van der Waals surface area contributed by atoms with Gasteiger partial charge in [-0.2, -0.15) is 0 Å². The summed E-state index contributed by atoms with van der Waals surface area (Å²) in [5, 5.41) is 4.16. The van der Waals surface area contributed by atoms with Crippen LogP contribution in [-0.2, 0) is 4.74 Å². The molecule has 0 fully saturated rings. The van der Waals surface area contributed by atoms with Crippen molar-refractivity contribution in [3.8, 4) is 0 Å². The molecule has 3 rings (SSSR count). The summed E-state index contributed by atoms with van der Waals surface area (Å²) >= 11 is 0. The van der Waals surface area contributed by atoms with Crippen LogP contribution in [0.3, 0.4) is 0 Å². The van der Waals surface area contributed by atoms with Crippen LogP contribution < -0.4 is 15.9 Å². The predicted molar refractivity (Wildman–Crippen MR) is 122 cm³/mol. The first-order valence-electron chi connectivity index (χ1n) is 9.56. The molecule has 0 heterocycles. The monoisotopic (exact) mass is 376 g/mol. The topological polar surface area (TPSA) is 9.23 Å². The molecule has 1 nitrogen and oxygen atoms in total. The van der Waals surface area contributed by atoms with E-state index in [0.717, 1.165) is 13.0 Å². The maximum Gasteiger partial charge on any atom is 0.0598 e. The Labute approximate surface area is 164 Å². The van der Waals surface area contributed by atoms with Crippen molar-refractivity contribution in [2.75, 3.05) is 6.61 Å².